The Bertz CT molecular complexity index is 1380. The average molecular weight is 558 g/mol. The van der Waals surface area contributed by atoms with Crippen molar-refractivity contribution in [1.82, 2.24) is 10.2 Å². The number of anilines is 1. The Morgan fingerprint density at radius 2 is 1.71 bits per heavy atom. The van der Waals surface area contributed by atoms with Gasteiger partial charge in [0.2, 0.25) is 11.8 Å². The lowest BCUT2D eigenvalue weighted by Gasteiger charge is -2.32. The van der Waals surface area contributed by atoms with E-state index in [0.29, 0.717) is 12.3 Å². The number of ether oxygens (including phenoxy) is 1. The highest BCUT2D eigenvalue weighted by Crippen LogP contribution is 2.31. The lowest BCUT2D eigenvalue weighted by Crippen LogP contribution is -2.51. The van der Waals surface area contributed by atoms with Crippen LogP contribution in [0.15, 0.2) is 77.7 Å². The fourth-order valence-corrected chi connectivity index (χ4v) is 5.60. The zero-order valence-electron chi connectivity index (χ0n) is 21.8. The van der Waals surface area contributed by atoms with Gasteiger partial charge >= 0.3 is 0 Å². The number of rotatable bonds is 11. The molecule has 0 aliphatic heterocycles. The monoisotopic (exact) mass is 557 g/mol. The van der Waals surface area contributed by atoms with Crippen LogP contribution in [0.5, 0.6) is 5.75 Å². The van der Waals surface area contributed by atoms with Crippen LogP contribution in [-0.2, 0) is 26.2 Å². The molecule has 3 aromatic carbocycles. The van der Waals surface area contributed by atoms with Crippen molar-refractivity contribution in [2.45, 2.75) is 38.3 Å². The Morgan fingerprint density at radius 3 is 2.34 bits per heavy atom. The molecule has 1 N–H and O–H groups in total. The van der Waals surface area contributed by atoms with E-state index in [0.717, 1.165) is 15.4 Å². The molecule has 38 heavy (non-hydrogen) atoms. The molecule has 10 heteroatoms. The van der Waals surface area contributed by atoms with Gasteiger partial charge in [-0.3, -0.25) is 13.9 Å². The number of nitrogens with zero attached hydrogens (tertiary/aromatic N) is 2. The molecule has 0 bridgehead atoms. The van der Waals surface area contributed by atoms with Gasteiger partial charge in [0.05, 0.1) is 22.7 Å². The number of nitrogens with one attached hydrogen (secondary N) is 1. The number of carbonyl (C=O) groups excluding carboxylic acids is 2. The number of hydrogen-bond donors (Lipinski definition) is 1. The van der Waals surface area contributed by atoms with Gasteiger partial charge in [-0.05, 0) is 62.7 Å². The second-order valence-electron chi connectivity index (χ2n) is 8.72. The highest BCUT2D eigenvalue weighted by atomic mass is 35.5. The van der Waals surface area contributed by atoms with Crippen molar-refractivity contribution >= 4 is 39.1 Å². The summed E-state index contributed by atoms with van der Waals surface area (Å²) in [7, 11) is -2.64. The van der Waals surface area contributed by atoms with Crippen LogP contribution in [0, 0.1) is 6.92 Å². The quantitative estimate of drug-likeness (QED) is 0.377. The first-order valence-electron chi connectivity index (χ1n) is 12.1. The highest BCUT2D eigenvalue weighted by Gasteiger charge is 2.33. The molecular formula is C28H32ClN3O5S. The maximum atomic E-state index is 13.8. The Hall–Kier alpha value is -3.56. The van der Waals surface area contributed by atoms with Crippen molar-refractivity contribution in [2.24, 2.45) is 0 Å². The minimum absolute atomic E-state index is 0.0203. The molecule has 1 atom stereocenters. The fraction of sp³-hybridized carbons (Fsp3) is 0.286. The van der Waals surface area contributed by atoms with E-state index in [9.17, 15) is 18.0 Å². The number of hydrogen-bond acceptors (Lipinski definition) is 5. The van der Waals surface area contributed by atoms with E-state index in [-0.39, 0.29) is 28.1 Å². The third-order valence-electron chi connectivity index (χ3n) is 6.01. The van der Waals surface area contributed by atoms with Crippen molar-refractivity contribution in [3.63, 3.8) is 0 Å². The van der Waals surface area contributed by atoms with Gasteiger partial charge in [0.15, 0.2) is 0 Å². The number of halogens is 1. The number of sulfonamides is 1. The van der Waals surface area contributed by atoms with E-state index in [1.807, 2.05) is 13.0 Å². The first kappa shape index (κ1) is 29.0. The summed E-state index contributed by atoms with van der Waals surface area (Å²) < 4.78 is 33.9. The Labute approximate surface area is 229 Å². The number of likely N-dealkylation sites (N-methyl/N-ethyl adjacent to an activating group) is 1. The summed E-state index contributed by atoms with van der Waals surface area (Å²) in [6.45, 7) is 5.13. The number of aryl methyl sites for hydroxylation is 1. The Balaban J connectivity index is 2.04. The van der Waals surface area contributed by atoms with Gasteiger partial charge in [0.25, 0.3) is 10.0 Å². The van der Waals surface area contributed by atoms with Gasteiger partial charge in [-0.2, -0.15) is 0 Å². The van der Waals surface area contributed by atoms with E-state index in [1.165, 1.54) is 24.1 Å². The molecule has 0 aliphatic rings. The van der Waals surface area contributed by atoms with Crippen LogP contribution in [0.25, 0.3) is 0 Å². The van der Waals surface area contributed by atoms with Crippen molar-refractivity contribution in [3.8, 4) is 5.75 Å². The van der Waals surface area contributed by atoms with Crippen LogP contribution in [0.2, 0.25) is 5.02 Å². The molecule has 0 heterocycles. The van der Waals surface area contributed by atoms with Crippen LogP contribution in [0.3, 0.4) is 0 Å². The molecule has 0 aliphatic carbocycles. The first-order chi connectivity index (χ1) is 18.1. The number of carbonyl (C=O) groups is 2. The third kappa shape index (κ3) is 6.85. The van der Waals surface area contributed by atoms with Gasteiger partial charge in [0.1, 0.15) is 18.3 Å². The number of para-hydroxylation sites is 1. The summed E-state index contributed by atoms with van der Waals surface area (Å²) in [5.41, 5.74) is 1.78. The van der Waals surface area contributed by atoms with Crippen molar-refractivity contribution in [2.75, 3.05) is 24.5 Å². The fourth-order valence-electron chi connectivity index (χ4n) is 3.88. The number of methoxy groups -OCH3 is 1. The molecular weight excluding hydrogens is 526 g/mol. The van der Waals surface area contributed by atoms with Crippen molar-refractivity contribution < 1.29 is 22.7 Å². The van der Waals surface area contributed by atoms with Gasteiger partial charge in [-0.1, -0.05) is 53.6 Å². The van der Waals surface area contributed by atoms with Gasteiger partial charge in [-0.15, -0.1) is 0 Å². The van der Waals surface area contributed by atoms with E-state index >= 15 is 0 Å². The molecule has 0 radical (unpaired) electrons. The molecule has 2 amide bonds. The summed E-state index contributed by atoms with van der Waals surface area (Å²) in [5.74, 6) is -0.322. The minimum atomic E-state index is -4.18. The molecule has 0 saturated heterocycles. The second-order valence-corrected chi connectivity index (χ2v) is 11.0. The van der Waals surface area contributed by atoms with Gasteiger partial charge < -0.3 is 15.0 Å². The lowest BCUT2D eigenvalue weighted by molar-refractivity contribution is -0.139. The maximum absolute atomic E-state index is 13.8. The smallest absolute Gasteiger partial charge is 0.264 e. The van der Waals surface area contributed by atoms with E-state index < -0.39 is 28.5 Å². The molecule has 0 fully saturated rings. The number of amides is 2. The molecule has 3 rings (SSSR count). The standard InChI is InChI=1S/C28H32ClN3O5S/c1-5-30-28(34)21(3)31(18-22-9-8-10-23(17-22)37-4)27(33)19-32(26-12-7-6-11-25(26)29)38(35,36)24-15-13-20(2)14-16-24/h6-17,21H,5,18-19H2,1-4H3,(H,30,34)/t21-/m1/s1. The van der Waals surface area contributed by atoms with Gasteiger partial charge in [-0.25, -0.2) is 8.42 Å². The van der Waals surface area contributed by atoms with Crippen LogP contribution in [0.4, 0.5) is 5.69 Å². The average Bonchev–Trinajstić information content (AvgIpc) is 2.90. The summed E-state index contributed by atoms with van der Waals surface area (Å²) in [6, 6.07) is 19.0. The van der Waals surface area contributed by atoms with Crippen molar-refractivity contribution in [3.05, 3.63) is 88.9 Å². The van der Waals surface area contributed by atoms with Gasteiger partial charge in [0, 0.05) is 13.1 Å². The lowest BCUT2D eigenvalue weighted by atomic mass is 10.1. The molecule has 8 nitrogen and oxygen atoms in total. The largest absolute Gasteiger partial charge is 0.497 e. The minimum Gasteiger partial charge on any atom is -0.497 e. The zero-order valence-corrected chi connectivity index (χ0v) is 23.4. The van der Waals surface area contributed by atoms with Crippen molar-refractivity contribution in [1.29, 1.82) is 0 Å². The highest BCUT2D eigenvalue weighted by molar-refractivity contribution is 7.92. The normalized spacial score (nSPS) is 11.9. The van der Waals surface area contributed by atoms with E-state index in [2.05, 4.69) is 5.32 Å². The first-order valence-corrected chi connectivity index (χ1v) is 13.9. The third-order valence-corrected chi connectivity index (χ3v) is 8.11. The number of benzene rings is 3. The summed E-state index contributed by atoms with van der Waals surface area (Å²) in [5, 5.41) is 2.91. The topological polar surface area (TPSA) is 96.0 Å². The van der Waals surface area contributed by atoms with Crippen LogP contribution in [0.1, 0.15) is 25.0 Å². The summed E-state index contributed by atoms with van der Waals surface area (Å²) in [4.78, 5) is 28.0. The van der Waals surface area contributed by atoms with E-state index in [1.54, 1.807) is 68.4 Å². The summed E-state index contributed by atoms with van der Waals surface area (Å²) >= 11 is 6.41. The van der Waals surface area contributed by atoms with Crippen LogP contribution < -0.4 is 14.4 Å². The summed E-state index contributed by atoms with van der Waals surface area (Å²) in [6.07, 6.45) is 0. The predicted octanol–water partition coefficient (Wildman–Crippen LogP) is 4.41. The molecule has 0 saturated carbocycles. The Morgan fingerprint density at radius 1 is 1.03 bits per heavy atom. The molecule has 202 valence electrons. The molecule has 0 spiro atoms. The Kier molecular flexibility index (Phi) is 9.77. The maximum Gasteiger partial charge on any atom is 0.264 e. The van der Waals surface area contributed by atoms with Crippen LogP contribution >= 0.6 is 11.6 Å². The second kappa shape index (κ2) is 12.8. The molecule has 0 aromatic heterocycles. The SMILES string of the molecule is CCNC(=O)[C@@H](C)N(Cc1cccc(OC)c1)C(=O)CN(c1ccccc1Cl)S(=O)(=O)c1ccc(C)cc1. The predicted molar refractivity (Wildman–Crippen MR) is 149 cm³/mol. The van der Waals surface area contributed by atoms with E-state index in [4.69, 9.17) is 16.3 Å². The molecule has 3 aromatic rings. The molecule has 0 unspecified atom stereocenters. The zero-order chi connectivity index (χ0) is 27.9. The van der Waals surface area contributed by atoms with Crippen LogP contribution in [-0.4, -0.2) is 51.4 Å².